The molecule has 0 atom stereocenters. The number of rotatable bonds is 4. The molecule has 0 spiro atoms. The van der Waals surface area contributed by atoms with E-state index in [-0.39, 0.29) is 0 Å². The molecule has 32 heavy (non-hydrogen) atoms. The van der Waals surface area contributed by atoms with E-state index in [4.69, 9.17) is 0 Å². The maximum Gasteiger partial charge on any atom is 0.207 e. The van der Waals surface area contributed by atoms with Crippen molar-refractivity contribution in [1.82, 2.24) is 0 Å². The summed E-state index contributed by atoms with van der Waals surface area (Å²) in [5.41, 5.74) is 2.55. The van der Waals surface area contributed by atoms with E-state index < -0.39 is 9.84 Å². The minimum atomic E-state index is -3.73. The highest BCUT2D eigenvalue weighted by atomic mass is 32.2. The molecule has 3 heteroatoms. The van der Waals surface area contributed by atoms with Crippen LogP contribution in [0.4, 0.5) is 0 Å². The summed E-state index contributed by atoms with van der Waals surface area (Å²) < 4.78 is 27.6. The van der Waals surface area contributed by atoms with Crippen LogP contribution < -0.4 is 0 Å². The summed E-state index contributed by atoms with van der Waals surface area (Å²) >= 11 is 0. The lowest BCUT2D eigenvalue weighted by Gasteiger charge is -2.12. The first kappa shape index (κ1) is 20.2. The molecule has 0 saturated heterocycles. The lowest BCUT2D eigenvalue weighted by molar-refractivity contribution is 0.606. The highest BCUT2D eigenvalue weighted by molar-refractivity contribution is 8.00. The fraction of sp³-hybridized carbons (Fsp3) is 0.0345. The second kappa shape index (κ2) is 8.10. The summed E-state index contributed by atoms with van der Waals surface area (Å²) in [7, 11) is -3.73. The van der Waals surface area contributed by atoms with E-state index in [1.54, 1.807) is 18.2 Å². The Morgan fingerprint density at radius 1 is 0.625 bits per heavy atom. The van der Waals surface area contributed by atoms with Gasteiger partial charge in [-0.15, -0.1) is 0 Å². The van der Waals surface area contributed by atoms with Crippen LogP contribution in [-0.2, 0) is 9.84 Å². The Labute approximate surface area is 188 Å². The zero-order valence-corrected chi connectivity index (χ0v) is 18.5. The first-order chi connectivity index (χ1) is 15.5. The number of hydrogen-bond donors (Lipinski definition) is 0. The number of sulfone groups is 1. The minimum Gasteiger partial charge on any atom is -0.218 e. The summed E-state index contributed by atoms with van der Waals surface area (Å²) in [5, 5.41) is 4.28. The monoisotopic (exact) mass is 434 g/mol. The Kier molecular flexibility index (Phi) is 5.12. The van der Waals surface area contributed by atoms with Gasteiger partial charge in [-0.25, -0.2) is 8.42 Å². The molecule has 0 radical (unpaired) electrons. The molecule has 0 heterocycles. The van der Waals surface area contributed by atoms with Gasteiger partial charge >= 0.3 is 0 Å². The molecule has 0 unspecified atom stereocenters. The van der Waals surface area contributed by atoms with Crippen LogP contribution in [0.1, 0.15) is 16.7 Å². The summed E-state index contributed by atoms with van der Waals surface area (Å²) in [6.45, 7) is 1.95. The van der Waals surface area contributed by atoms with Crippen molar-refractivity contribution in [3.05, 3.63) is 126 Å². The van der Waals surface area contributed by atoms with Gasteiger partial charge in [0.25, 0.3) is 0 Å². The summed E-state index contributed by atoms with van der Waals surface area (Å²) in [6, 6.07) is 34.9. The molecule has 5 aromatic carbocycles. The predicted molar refractivity (Wildman–Crippen MR) is 134 cm³/mol. The van der Waals surface area contributed by atoms with Gasteiger partial charge in [0.15, 0.2) is 0 Å². The number of fused-ring (bicyclic) bond motifs is 2. The SMILES string of the molecule is Cc1ccc(S(=O)(=O)/C(=C/c2ccc3ccccc3c2)c2ccc3ccccc3c2)cc1. The molecule has 0 N–H and O–H groups in total. The standard InChI is InChI=1S/C29H22O2S/c1-21-10-16-28(17-11-21)32(30,31)29(27-15-14-24-7-3-5-9-26(24)20-27)19-22-12-13-23-6-2-4-8-25(23)18-22/h2-20H,1H3/b29-19+. The highest BCUT2D eigenvalue weighted by Gasteiger charge is 2.23. The fourth-order valence-electron chi connectivity index (χ4n) is 3.95. The number of aryl methyl sites for hydroxylation is 1. The van der Waals surface area contributed by atoms with E-state index in [2.05, 4.69) is 6.07 Å². The average Bonchev–Trinajstić information content (AvgIpc) is 2.82. The number of hydrogen-bond acceptors (Lipinski definition) is 2. The highest BCUT2D eigenvalue weighted by Crippen LogP contribution is 2.32. The smallest absolute Gasteiger partial charge is 0.207 e. The van der Waals surface area contributed by atoms with Gasteiger partial charge in [-0.05, 0) is 69.9 Å². The van der Waals surface area contributed by atoms with E-state index in [1.165, 1.54) is 0 Å². The summed E-state index contributed by atoms with van der Waals surface area (Å²) in [5.74, 6) is 0. The van der Waals surface area contributed by atoms with E-state index in [1.807, 2.05) is 97.9 Å². The number of benzene rings is 5. The van der Waals surface area contributed by atoms with Crippen LogP contribution in [0.5, 0.6) is 0 Å². The normalized spacial score (nSPS) is 12.3. The lowest BCUT2D eigenvalue weighted by atomic mass is 10.0. The summed E-state index contributed by atoms with van der Waals surface area (Å²) in [6.07, 6.45) is 1.78. The molecule has 0 aliphatic heterocycles. The van der Waals surface area contributed by atoms with E-state index in [9.17, 15) is 8.42 Å². The van der Waals surface area contributed by atoms with Crippen molar-refractivity contribution in [2.24, 2.45) is 0 Å². The molecular formula is C29H22O2S. The van der Waals surface area contributed by atoms with Gasteiger partial charge in [0.2, 0.25) is 9.84 Å². The molecule has 156 valence electrons. The van der Waals surface area contributed by atoms with Crippen molar-refractivity contribution >= 4 is 42.4 Å². The average molecular weight is 435 g/mol. The molecule has 5 rings (SSSR count). The molecule has 0 amide bonds. The van der Waals surface area contributed by atoms with Crippen LogP contribution in [0.25, 0.3) is 32.5 Å². The molecule has 0 fully saturated rings. The third-order valence-electron chi connectivity index (χ3n) is 5.73. The van der Waals surface area contributed by atoms with E-state index in [0.29, 0.717) is 15.4 Å². The maximum absolute atomic E-state index is 13.8. The molecule has 2 nitrogen and oxygen atoms in total. The second-order valence-corrected chi connectivity index (χ2v) is 9.91. The van der Waals surface area contributed by atoms with Crippen molar-refractivity contribution in [2.75, 3.05) is 0 Å². The van der Waals surface area contributed by atoms with Gasteiger partial charge in [0, 0.05) is 0 Å². The third-order valence-corrected chi connectivity index (χ3v) is 7.55. The Bertz CT molecular complexity index is 1580. The molecule has 0 aliphatic carbocycles. The largest absolute Gasteiger partial charge is 0.218 e. The second-order valence-electron chi connectivity index (χ2n) is 7.99. The topological polar surface area (TPSA) is 34.1 Å². The lowest BCUT2D eigenvalue weighted by Crippen LogP contribution is -2.04. The minimum absolute atomic E-state index is 0.294. The molecule has 0 aromatic heterocycles. The summed E-state index contributed by atoms with van der Waals surface area (Å²) in [4.78, 5) is 0.589. The van der Waals surface area contributed by atoms with Gasteiger partial charge in [-0.3, -0.25) is 0 Å². The van der Waals surface area contributed by atoms with Crippen molar-refractivity contribution in [3.8, 4) is 0 Å². The Balaban J connectivity index is 1.73. The quantitative estimate of drug-likeness (QED) is 0.279. The van der Waals surface area contributed by atoms with Crippen molar-refractivity contribution in [1.29, 1.82) is 0 Å². The Morgan fingerprint density at radius 2 is 1.19 bits per heavy atom. The predicted octanol–water partition coefficient (Wildman–Crippen LogP) is 7.27. The van der Waals surface area contributed by atoms with Crippen molar-refractivity contribution in [3.63, 3.8) is 0 Å². The van der Waals surface area contributed by atoms with Crippen LogP contribution in [0.15, 0.2) is 114 Å². The van der Waals surface area contributed by atoms with Crippen molar-refractivity contribution in [2.45, 2.75) is 11.8 Å². The molecular weight excluding hydrogens is 412 g/mol. The zero-order chi connectivity index (χ0) is 22.1. The first-order valence-corrected chi connectivity index (χ1v) is 12.0. The molecule has 0 bridgehead atoms. The van der Waals surface area contributed by atoms with Gasteiger partial charge < -0.3 is 0 Å². The zero-order valence-electron chi connectivity index (χ0n) is 17.7. The van der Waals surface area contributed by atoms with Crippen LogP contribution in [0, 0.1) is 6.92 Å². The van der Waals surface area contributed by atoms with Crippen LogP contribution in [0.3, 0.4) is 0 Å². The Hall–Kier alpha value is -3.69. The van der Waals surface area contributed by atoms with Gasteiger partial charge in [-0.2, -0.15) is 0 Å². The van der Waals surface area contributed by atoms with Gasteiger partial charge in [-0.1, -0.05) is 90.5 Å². The van der Waals surface area contributed by atoms with E-state index >= 15 is 0 Å². The van der Waals surface area contributed by atoms with Crippen LogP contribution in [-0.4, -0.2) is 8.42 Å². The van der Waals surface area contributed by atoms with E-state index in [0.717, 1.165) is 32.7 Å². The molecule has 5 aromatic rings. The fourth-order valence-corrected chi connectivity index (χ4v) is 5.43. The van der Waals surface area contributed by atoms with Gasteiger partial charge in [0.05, 0.1) is 9.80 Å². The van der Waals surface area contributed by atoms with Gasteiger partial charge in [0.1, 0.15) is 0 Å². The molecule has 0 saturated carbocycles. The first-order valence-electron chi connectivity index (χ1n) is 10.5. The third kappa shape index (κ3) is 3.83. The molecule has 0 aliphatic rings. The van der Waals surface area contributed by atoms with Crippen molar-refractivity contribution < 1.29 is 8.42 Å². The van der Waals surface area contributed by atoms with Crippen LogP contribution >= 0.6 is 0 Å². The maximum atomic E-state index is 13.8. The van der Waals surface area contributed by atoms with Crippen LogP contribution in [0.2, 0.25) is 0 Å². The Morgan fingerprint density at radius 3 is 1.84 bits per heavy atom.